The molecule has 0 aromatic carbocycles. The van der Waals surface area contributed by atoms with Crippen LogP contribution >= 0.6 is 0 Å². The van der Waals surface area contributed by atoms with E-state index in [1.165, 1.54) is 19.3 Å². The Balaban J connectivity index is 3.69. The zero-order chi connectivity index (χ0) is 20.5. The van der Waals surface area contributed by atoms with Gasteiger partial charge in [0.05, 0.1) is 6.61 Å². The Morgan fingerprint density at radius 3 is 2.11 bits per heavy atom. The average molecular weight is 385 g/mol. The summed E-state index contributed by atoms with van der Waals surface area (Å²) in [6.07, 6.45) is 12.8. The molecule has 0 saturated carbocycles. The smallest absolute Gasteiger partial charge is 0.305 e. The SMILES string of the molecule is CCCCC(CC)COC(=O)CCCCCCCC(CCC(=O)O)C(C)C. The zero-order valence-corrected chi connectivity index (χ0v) is 18.3. The third kappa shape index (κ3) is 15.7. The fraction of sp³-hybridized carbons (Fsp3) is 0.913. The molecule has 0 saturated heterocycles. The molecule has 0 fully saturated rings. The molecule has 27 heavy (non-hydrogen) atoms. The lowest BCUT2D eigenvalue weighted by Crippen LogP contribution is -2.13. The molecule has 0 aliphatic carbocycles. The molecular weight excluding hydrogens is 340 g/mol. The summed E-state index contributed by atoms with van der Waals surface area (Å²) in [7, 11) is 0. The van der Waals surface area contributed by atoms with Crippen LogP contribution in [0.5, 0.6) is 0 Å². The zero-order valence-electron chi connectivity index (χ0n) is 18.3. The molecule has 0 radical (unpaired) electrons. The topological polar surface area (TPSA) is 63.6 Å². The lowest BCUT2D eigenvalue weighted by atomic mass is 9.86. The third-order valence-electron chi connectivity index (χ3n) is 5.65. The van der Waals surface area contributed by atoms with Gasteiger partial charge in [0.1, 0.15) is 0 Å². The second kappa shape index (κ2) is 17.1. The van der Waals surface area contributed by atoms with Crippen LogP contribution in [0.2, 0.25) is 0 Å². The molecule has 0 aromatic rings. The van der Waals surface area contributed by atoms with Crippen LogP contribution < -0.4 is 0 Å². The van der Waals surface area contributed by atoms with Crippen LogP contribution in [0.15, 0.2) is 0 Å². The largest absolute Gasteiger partial charge is 0.481 e. The van der Waals surface area contributed by atoms with Crippen molar-refractivity contribution >= 4 is 11.9 Å². The minimum atomic E-state index is -0.692. The van der Waals surface area contributed by atoms with Crippen molar-refractivity contribution in [3.63, 3.8) is 0 Å². The summed E-state index contributed by atoms with van der Waals surface area (Å²) in [6.45, 7) is 9.31. The second-order valence-electron chi connectivity index (χ2n) is 8.34. The normalized spacial score (nSPS) is 13.5. The molecule has 0 aliphatic heterocycles. The maximum atomic E-state index is 11.8. The fourth-order valence-corrected chi connectivity index (χ4v) is 3.51. The summed E-state index contributed by atoms with van der Waals surface area (Å²) in [6, 6.07) is 0. The van der Waals surface area contributed by atoms with Gasteiger partial charge in [0.25, 0.3) is 0 Å². The molecule has 2 unspecified atom stereocenters. The minimum absolute atomic E-state index is 0.0431. The maximum absolute atomic E-state index is 11.8. The van der Waals surface area contributed by atoms with Crippen LogP contribution in [-0.4, -0.2) is 23.7 Å². The van der Waals surface area contributed by atoms with Gasteiger partial charge in [-0.1, -0.05) is 79.1 Å². The first-order valence-corrected chi connectivity index (χ1v) is 11.3. The van der Waals surface area contributed by atoms with E-state index in [-0.39, 0.29) is 12.4 Å². The Labute approximate surface area is 167 Å². The van der Waals surface area contributed by atoms with Gasteiger partial charge in [-0.15, -0.1) is 0 Å². The summed E-state index contributed by atoms with van der Waals surface area (Å²) in [4.78, 5) is 22.6. The van der Waals surface area contributed by atoms with Crippen molar-refractivity contribution in [3.8, 4) is 0 Å². The standard InChI is InChI=1S/C23H44O4/c1-5-7-13-20(6-2)18-27-23(26)15-12-10-8-9-11-14-21(19(3)4)16-17-22(24)25/h19-21H,5-18H2,1-4H3,(H,24,25). The molecule has 0 heterocycles. The van der Waals surface area contributed by atoms with Gasteiger partial charge in [0, 0.05) is 12.8 Å². The lowest BCUT2D eigenvalue weighted by molar-refractivity contribution is -0.145. The van der Waals surface area contributed by atoms with Crippen LogP contribution in [0.25, 0.3) is 0 Å². The van der Waals surface area contributed by atoms with E-state index >= 15 is 0 Å². The molecule has 0 bridgehead atoms. The average Bonchev–Trinajstić information content (AvgIpc) is 2.62. The van der Waals surface area contributed by atoms with Crippen LogP contribution in [-0.2, 0) is 14.3 Å². The predicted molar refractivity (Wildman–Crippen MR) is 112 cm³/mol. The van der Waals surface area contributed by atoms with Gasteiger partial charge in [-0.05, 0) is 37.0 Å². The highest BCUT2D eigenvalue weighted by molar-refractivity contribution is 5.69. The quantitative estimate of drug-likeness (QED) is 0.213. The number of esters is 1. The fourth-order valence-electron chi connectivity index (χ4n) is 3.51. The van der Waals surface area contributed by atoms with Gasteiger partial charge < -0.3 is 9.84 Å². The highest BCUT2D eigenvalue weighted by atomic mass is 16.5. The number of hydrogen-bond acceptors (Lipinski definition) is 3. The first-order valence-electron chi connectivity index (χ1n) is 11.3. The van der Waals surface area contributed by atoms with Crippen molar-refractivity contribution in [3.05, 3.63) is 0 Å². The molecule has 160 valence electrons. The summed E-state index contributed by atoms with van der Waals surface area (Å²) in [5.74, 6) is 0.837. The molecule has 0 aliphatic rings. The van der Waals surface area contributed by atoms with Crippen molar-refractivity contribution < 1.29 is 19.4 Å². The second-order valence-corrected chi connectivity index (χ2v) is 8.34. The Morgan fingerprint density at radius 1 is 0.852 bits per heavy atom. The summed E-state index contributed by atoms with van der Waals surface area (Å²) >= 11 is 0. The lowest BCUT2D eigenvalue weighted by Gasteiger charge is -2.19. The van der Waals surface area contributed by atoms with Gasteiger partial charge in [0.2, 0.25) is 0 Å². The predicted octanol–water partition coefficient (Wildman–Crippen LogP) is 6.61. The van der Waals surface area contributed by atoms with E-state index in [2.05, 4.69) is 27.7 Å². The molecule has 0 aromatic heterocycles. The van der Waals surface area contributed by atoms with E-state index in [1.807, 2.05) is 0 Å². The van der Waals surface area contributed by atoms with E-state index in [4.69, 9.17) is 9.84 Å². The van der Waals surface area contributed by atoms with Gasteiger partial charge in [-0.25, -0.2) is 0 Å². The summed E-state index contributed by atoms with van der Waals surface area (Å²) < 4.78 is 5.44. The number of rotatable bonds is 18. The van der Waals surface area contributed by atoms with E-state index in [0.717, 1.165) is 51.4 Å². The molecule has 2 atom stereocenters. The Hall–Kier alpha value is -1.06. The molecule has 4 heteroatoms. The molecule has 4 nitrogen and oxygen atoms in total. The molecule has 0 rings (SSSR count). The number of aliphatic carboxylic acids is 1. The van der Waals surface area contributed by atoms with Crippen LogP contribution in [0.4, 0.5) is 0 Å². The number of ether oxygens (including phenoxy) is 1. The van der Waals surface area contributed by atoms with Gasteiger partial charge in [-0.3, -0.25) is 9.59 Å². The Morgan fingerprint density at radius 2 is 1.52 bits per heavy atom. The number of carboxylic acid groups (broad SMARTS) is 1. The van der Waals surface area contributed by atoms with Crippen molar-refractivity contribution in [2.24, 2.45) is 17.8 Å². The van der Waals surface area contributed by atoms with E-state index < -0.39 is 5.97 Å². The third-order valence-corrected chi connectivity index (χ3v) is 5.65. The Bertz CT molecular complexity index is 379. The number of hydrogen-bond donors (Lipinski definition) is 1. The number of carboxylic acids is 1. The van der Waals surface area contributed by atoms with Gasteiger partial charge in [-0.2, -0.15) is 0 Å². The highest BCUT2D eigenvalue weighted by Crippen LogP contribution is 2.24. The summed E-state index contributed by atoms with van der Waals surface area (Å²) in [5.41, 5.74) is 0. The molecule has 1 N–H and O–H groups in total. The van der Waals surface area contributed by atoms with E-state index in [1.54, 1.807) is 0 Å². The number of unbranched alkanes of at least 4 members (excludes halogenated alkanes) is 5. The van der Waals surface area contributed by atoms with Crippen LogP contribution in [0, 0.1) is 17.8 Å². The van der Waals surface area contributed by atoms with Crippen molar-refractivity contribution in [1.29, 1.82) is 0 Å². The minimum Gasteiger partial charge on any atom is -0.481 e. The van der Waals surface area contributed by atoms with Crippen LogP contribution in [0.1, 0.15) is 111 Å². The van der Waals surface area contributed by atoms with E-state index in [9.17, 15) is 9.59 Å². The van der Waals surface area contributed by atoms with Crippen molar-refractivity contribution in [2.45, 2.75) is 111 Å². The number of carbonyl (C=O) groups is 2. The molecular formula is C23H44O4. The summed E-state index contributed by atoms with van der Waals surface area (Å²) in [5, 5.41) is 8.84. The highest BCUT2D eigenvalue weighted by Gasteiger charge is 2.14. The van der Waals surface area contributed by atoms with Crippen molar-refractivity contribution in [2.75, 3.05) is 6.61 Å². The number of carbonyl (C=O) groups excluding carboxylic acids is 1. The first-order chi connectivity index (χ1) is 12.9. The van der Waals surface area contributed by atoms with Gasteiger partial charge >= 0.3 is 11.9 Å². The van der Waals surface area contributed by atoms with Gasteiger partial charge in [0.15, 0.2) is 0 Å². The van der Waals surface area contributed by atoms with Crippen molar-refractivity contribution in [1.82, 2.24) is 0 Å². The molecule has 0 amide bonds. The maximum Gasteiger partial charge on any atom is 0.305 e. The molecule has 0 spiro atoms. The van der Waals surface area contributed by atoms with E-state index in [0.29, 0.717) is 30.8 Å². The van der Waals surface area contributed by atoms with Crippen LogP contribution in [0.3, 0.4) is 0 Å². The Kier molecular flexibility index (Phi) is 16.4. The first kappa shape index (κ1) is 25.9. The monoisotopic (exact) mass is 384 g/mol.